The SMILES string of the molecule is Cc1ccccc1/C=C/C(=O)N[C@H]1CCCC[C@@H]1C. The molecule has 2 atom stereocenters. The maximum Gasteiger partial charge on any atom is 0.244 e. The van der Waals surface area contributed by atoms with Crippen molar-refractivity contribution in [3.8, 4) is 0 Å². The summed E-state index contributed by atoms with van der Waals surface area (Å²) in [6.45, 7) is 4.29. The molecule has 19 heavy (non-hydrogen) atoms. The molecule has 102 valence electrons. The van der Waals surface area contributed by atoms with Gasteiger partial charge in [0.1, 0.15) is 0 Å². The van der Waals surface area contributed by atoms with Crippen LogP contribution in [0.25, 0.3) is 6.08 Å². The van der Waals surface area contributed by atoms with Crippen molar-refractivity contribution in [2.45, 2.75) is 45.6 Å². The van der Waals surface area contributed by atoms with E-state index >= 15 is 0 Å². The maximum atomic E-state index is 11.9. The highest BCUT2D eigenvalue weighted by Gasteiger charge is 2.21. The summed E-state index contributed by atoms with van der Waals surface area (Å²) in [7, 11) is 0. The van der Waals surface area contributed by atoms with E-state index in [0.717, 1.165) is 12.0 Å². The van der Waals surface area contributed by atoms with Crippen molar-refractivity contribution in [3.63, 3.8) is 0 Å². The standard InChI is InChI=1S/C17H23NO/c1-13-7-3-5-9-15(13)11-12-17(19)18-16-10-6-4-8-14(16)2/h3,5,7,9,11-12,14,16H,4,6,8,10H2,1-2H3,(H,18,19)/b12-11+/t14-,16-/m0/s1. The molecule has 2 rings (SSSR count). The zero-order valence-electron chi connectivity index (χ0n) is 11.9. The lowest BCUT2D eigenvalue weighted by Gasteiger charge is -2.29. The fourth-order valence-electron chi connectivity index (χ4n) is 2.70. The number of benzene rings is 1. The Morgan fingerprint density at radius 3 is 2.74 bits per heavy atom. The minimum absolute atomic E-state index is 0.0296. The quantitative estimate of drug-likeness (QED) is 0.822. The fourth-order valence-corrected chi connectivity index (χ4v) is 2.70. The van der Waals surface area contributed by atoms with E-state index in [1.807, 2.05) is 24.3 Å². The van der Waals surface area contributed by atoms with Crippen molar-refractivity contribution in [3.05, 3.63) is 41.5 Å². The molecule has 1 saturated carbocycles. The third-order valence-corrected chi connectivity index (χ3v) is 4.04. The van der Waals surface area contributed by atoms with Gasteiger partial charge in [-0.2, -0.15) is 0 Å². The molecular formula is C17H23NO. The van der Waals surface area contributed by atoms with E-state index in [4.69, 9.17) is 0 Å². The first kappa shape index (κ1) is 13.9. The van der Waals surface area contributed by atoms with Gasteiger partial charge in [-0.1, -0.05) is 44.0 Å². The minimum Gasteiger partial charge on any atom is -0.350 e. The highest BCUT2D eigenvalue weighted by atomic mass is 16.1. The molecule has 0 aromatic heterocycles. The second kappa shape index (κ2) is 6.55. The average molecular weight is 257 g/mol. The lowest BCUT2D eigenvalue weighted by Crippen LogP contribution is -2.40. The zero-order valence-corrected chi connectivity index (χ0v) is 11.9. The molecule has 0 bridgehead atoms. The van der Waals surface area contributed by atoms with E-state index in [1.165, 1.54) is 24.8 Å². The second-order valence-corrected chi connectivity index (χ2v) is 5.57. The molecule has 1 aromatic carbocycles. The van der Waals surface area contributed by atoms with Gasteiger partial charge in [0, 0.05) is 12.1 Å². The van der Waals surface area contributed by atoms with Crippen molar-refractivity contribution in [2.75, 3.05) is 0 Å². The van der Waals surface area contributed by atoms with Crippen LogP contribution in [0.2, 0.25) is 0 Å². The first-order valence-corrected chi connectivity index (χ1v) is 7.21. The Bertz CT molecular complexity index is 464. The molecule has 0 unspecified atom stereocenters. The molecule has 0 saturated heterocycles. The first-order chi connectivity index (χ1) is 9.16. The number of rotatable bonds is 3. The summed E-state index contributed by atoms with van der Waals surface area (Å²) in [5.74, 6) is 0.631. The van der Waals surface area contributed by atoms with Gasteiger partial charge in [0.25, 0.3) is 0 Å². The first-order valence-electron chi connectivity index (χ1n) is 7.21. The van der Waals surface area contributed by atoms with Crippen LogP contribution in [0.5, 0.6) is 0 Å². The Labute approximate surface area is 115 Å². The summed E-state index contributed by atoms with van der Waals surface area (Å²) in [6, 6.07) is 8.44. The molecule has 0 aliphatic heterocycles. The van der Waals surface area contributed by atoms with Gasteiger partial charge in [-0.3, -0.25) is 4.79 Å². The van der Waals surface area contributed by atoms with Gasteiger partial charge < -0.3 is 5.32 Å². The number of hydrogen-bond donors (Lipinski definition) is 1. The molecule has 1 N–H and O–H groups in total. The Morgan fingerprint density at radius 1 is 1.26 bits per heavy atom. The average Bonchev–Trinajstić information content (AvgIpc) is 2.40. The fraction of sp³-hybridized carbons (Fsp3) is 0.471. The molecule has 1 aliphatic rings. The van der Waals surface area contributed by atoms with E-state index in [9.17, 15) is 4.79 Å². The van der Waals surface area contributed by atoms with Crippen LogP contribution in [0.4, 0.5) is 0 Å². The summed E-state index contributed by atoms with van der Waals surface area (Å²) in [5, 5.41) is 3.13. The van der Waals surface area contributed by atoms with Crippen molar-refractivity contribution in [1.29, 1.82) is 0 Å². The minimum atomic E-state index is 0.0296. The van der Waals surface area contributed by atoms with Crippen molar-refractivity contribution < 1.29 is 4.79 Å². The summed E-state index contributed by atoms with van der Waals surface area (Å²) in [4.78, 5) is 11.9. The monoisotopic (exact) mass is 257 g/mol. The van der Waals surface area contributed by atoms with Gasteiger partial charge in [-0.15, -0.1) is 0 Å². The van der Waals surface area contributed by atoms with Gasteiger partial charge in [0.05, 0.1) is 0 Å². The summed E-state index contributed by atoms with van der Waals surface area (Å²) in [5.41, 5.74) is 2.30. The largest absolute Gasteiger partial charge is 0.350 e. The van der Waals surface area contributed by atoms with E-state index in [0.29, 0.717) is 12.0 Å². The predicted octanol–water partition coefficient (Wildman–Crippen LogP) is 3.70. The van der Waals surface area contributed by atoms with Crippen molar-refractivity contribution >= 4 is 12.0 Å². The van der Waals surface area contributed by atoms with Crippen LogP contribution in [0, 0.1) is 12.8 Å². The second-order valence-electron chi connectivity index (χ2n) is 5.57. The van der Waals surface area contributed by atoms with Crippen LogP contribution < -0.4 is 5.32 Å². The van der Waals surface area contributed by atoms with Crippen LogP contribution >= 0.6 is 0 Å². The molecule has 0 spiro atoms. The van der Waals surface area contributed by atoms with E-state index in [1.54, 1.807) is 6.08 Å². The van der Waals surface area contributed by atoms with E-state index in [-0.39, 0.29) is 5.91 Å². The third-order valence-electron chi connectivity index (χ3n) is 4.04. The highest BCUT2D eigenvalue weighted by molar-refractivity contribution is 5.92. The van der Waals surface area contributed by atoms with Crippen molar-refractivity contribution in [1.82, 2.24) is 5.32 Å². The van der Waals surface area contributed by atoms with Crippen molar-refractivity contribution in [2.24, 2.45) is 5.92 Å². The van der Waals surface area contributed by atoms with Gasteiger partial charge in [0.2, 0.25) is 5.91 Å². The maximum absolute atomic E-state index is 11.9. The van der Waals surface area contributed by atoms with Crippen LogP contribution in [0.3, 0.4) is 0 Å². The Kier molecular flexibility index (Phi) is 4.78. The zero-order chi connectivity index (χ0) is 13.7. The lowest BCUT2D eigenvalue weighted by molar-refractivity contribution is -0.117. The molecule has 2 nitrogen and oxygen atoms in total. The number of carbonyl (C=O) groups excluding carboxylic acids is 1. The predicted molar refractivity (Wildman–Crippen MR) is 79.8 cm³/mol. The Balaban J connectivity index is 1.92. The highest BCUT2D eigenvalue weighted by Crippen LogP contribution is 2.23. The third kappa shape index (κ3) is 3.95. The molecule has 1 fully saturated rings. The Morgan fingerprint density at radius 2 is 2.00 bits per heavy atom. The smallest absolute Gasteiger partial charge is 0.244 e. The number of hydrogen-bond acceptors (Lipinski definition) is 1. The van der Waals surface area contributed by atoms with Gasteiger partial charge >= 0.3 is 0 Å². The van der Waals surface area contributed by atoms with Gasteiger partial charge in [-0.25, -0.2) is 0 Å². The molecule has 1 amide bonds. The molecule has 0 heterocycles. The van der Waals surface area contributed by atoms with Crippen LogP contribution in [0.1, 0.15) is 43.7 Å². The molecule has 2 heteroatoms. The van der Waals surface area contributed by atoms with Gasteiger partial charge in [-0.05, 0) is 42.9 Å². The van der Waals surface area contributed by atoms with E-state index < -0.39 is 0 Å². The Hall–Kier alpha value is -1.57. The van der Waals surface area contributed by atoms with Crippen LogP contribution in [0.15, 0.2) is 30.3 Å². The number of carbonyl (C=O) groups is 1. The summed E-state index contributed by atoms with van der Waals surface area (Å²) in [6.07, 6.45) is 8.43. The normalized spacial score (nSPS) is 23.5. The van der Waals surface area contributed by atoms with E-state index in [2.05, 4.69) is 25.2 Å². The molecule has 1 aromatic rings. The topological polar surface area (TPSA) is 29.1 Å². The summed E-state index contributed by atoms with van der Waals surface area (Å²) >= 11 is 0. The molecule has 0 radical (unpaired) electrons. The van der Waals surface area contributed by atoms with Gasteiger partial charge in [0.15, 0.2) is 0 Å². The number of amides is 1. The molecule has 1 aliphatic carbocycles. The van der Waals surface area contributed by atoms with Crippen LogP contribution in [-0.2, 0) is 4.79 Å². The lowest BCUT2D eigenvalue weighted by atomic mass is 9.86. The molecular weight excluding hydrogens is 234 g/mol. The van der Waals surface area contributed by atoms with Crippen LogP contribution in [-0.4, -0.2) is 11.9 Å². The number of nitrogens with one attached hydrogen (secondary N) is 1. The summed E-state index contributed by atoms with van der Waals surface area (Å²) < 4.78 is 0. The number of aryl methyl sites for hydroxylation is 1.